The highest BCUT2D eigenvalue weighted by Gasteiger charge is 2.25. The van der Waals surface area contributed by atoms with Gasteiger partial charge in [0.25, 0.3) is 0 Å². The third-order valence-corrected chi connectivity index (χ3v) is 5.61. The molecule has 1 aliphatic carbocycles. The first-order valence-electron chi connectivity index (χ1n) is 11.3. The van der Waals surface area contributed by atoms with E-state index in [1.165, 1.54) is 35.5 Å². The molecule has 0 saturated heterocycles. The van der Waals surface area contributed by atoms with Crippen LogP contribution in [-0.4, -0.2) is 18.7 Å². The first-order valence-corrected chi connectivity index (χ1v) is 11.3. The zero-order valence-electron chi connectivity index (χ0n) is 20.6. The minimum Gasteiger partial charge on any atom is -0.493 e. The molecule has 0 unspecified atom stereocenters. The Bertz CT molecular complexity index is 837. The van der Waals surface area contributed by atoms with Gasteiger partial charge < -0.3 is 4.74 Å². The molecule has 1 rings (SSSR count). The summed E-state index contributed by atoms with van der Waals surface area (Å²) < 4.78 is 5.05. The van der Waals surface area contributed by atoms with Crippen molar-refractivity contribution >= 4 is 11.6 Å². The fourth-order valence-corrected chi connectivity index (χ4v) is 3.42. The summed E-state index contributed by atoms with van der Waals surface area (Å²) in [5.41, 5.74) is 6.57. The predicted molar refractivity (Wildman–Crippen MR) is 131 cm³/mol. The highest BCUT2D eigenvalue weighted by atomic mass is 16.5. The molecular weight excluding hydrogens is 384 g/mol. The first kappa shape index (κ1) is 26.6. The average Bonchev–Trinajstić information content (AvgIpc) is 2.70. The molecule has 0 saturated carbocycles. The largest absolute Gasteiger partial charge is 0.493 e. The summed E-state index contributed by atoms with van der Waals surface area (Å²) in [4.78, 5) is 24.4. The van der Waals surface area contributed by atoms with E-state index in [0.717, 1.165) is 38.5 Å². The average molecular weight is 425 g/mol. The Kier molecular flexibility index (Phi) is 11.8. The molecule has 0 atom stereocenters. The van der Waals surface area contributed by atoms with Crippen LogP contribution in [0.1, 0.15) is 86.5 Å². The maximum Gasteiger partial charge on any atom is 0.224 e. The molecule has 0 radical (unpaired) electrons. The van der Waals surface area contributed by atoms with Gasteiger partial charge in [0.1, 0.15) is 0 Å². The Morgan fingerprint density at radius 3 is 1.77 bits per heavy atom. The van der Waals surface area contributed by atoms with Gasteiger partial charge in [-0.15, -0.1) is 0 Å². The minimum atomic E-state index is -0.177. The molecule has 170 valence electrons. The lowest BCUT2D eigenvalue weighted by molar-refractivity contribution is -0.118. The number of Topliss-reactive ketones (excluding diaryl/α,β-unsaturated/α-hetero) is 1. The van der Waals surface area contributed by atoms with Gasteiger partial charge in [-0.05, 0) is 86.5 Å². The molecule has 0 N–H and O–H groups in total. The van der Waals surface area contributed by atoms with Gasteiger partial charge in [-0.25, -0.2) is 0 Å². The first-order chi connectivity index (χ1) is 14.6. The standard InChI is InChI=1S/C28H40O3/c1-20(2)11-8-12-21(3)13-9-14-22(4)15-10-16-23(5)17-18-25-24(6)26(29)19-27(31-7)28(25)30/h11,13,15,17,19H,8-10,12,14,16,18H2,1-7H3/b21-13+,22-15+,23-17+. The van der Waals surface area contributed by atoms with Crippen LogP contribution in [0.4, 0.5) is 0 Å². The minimum absolute atomic E-state index is 0.136. The van der Waals surface area contributed by atoms with Crippen molar-refractivity contribution in [3.8, 4) is 0 Å². The second kappa shape index (κ2) is 13.8. The second-order valence-corrected chi connectivity index (χ2v) is 8.76. The Morgan fingerprint density at radius 2 is 1.29 bits per heavy atom. The van der Waals surface area contributed by atoms with Crippen LogP contribution in [0.25, 0.3) is 0 Å². The number of allylic oxidation sites excluding steroid dienone is 11. The van der Waals surface area contributed by atoms with E-state index in [1.807, 2.05) is 0 Å². The number of carbonyl (C=O) groups excluding carboxylic acids is 2. The van der Waals surface area contributed by atoms with Gasteiger partial charge in [-0.2, -0.15) is 0 Å². The topological polar surface area (TPSA) is 43.4 Å². The van der Waals surface area contributed by atoms with Crippen molar-refractivity contribution in [2.24, 2.45) is 0 Å². The summed E-state index contributed by atoms with van der Waals surface area (Å²) in [7, 11) is 1.42. The zero-order chi connectivity index (χ0) is 23.4. The van der Waals surface area contributed by atoms with E-state index in [0.29, 0.717) is 17.6 Å². The van der Waals surface area contributed by atoms with Gasteiger partial charge in [0, 0.05) is 17.2 Å². The van der Waals surface area contributed by atoms with Crippen molar-refractivity contribution < 1.29 is 14.3 Å². The van der Waals surface area contributed by atoms with Gasteiger partial charge >= 0.3 is 0 Å². The Morgan fingerprint density at radius 1 is 0.806 bits per heavy atom. The van der Waals surface area contributed by atoms with Crippen LogP contribution >= 0.6 is 0 Å². The number of carbonyl (C=O) groups is 2. The highest BCUT2D eigenvalue weighted by Crippen LogP contribution is 2.23. The molecule has 3 nitrogen and oxygen atoms in total. The molecule has 1 aliphatic rings. The fourth-order valence-electron chi connectivity index (χ4n) is 3.42. The van der Waals surface area contributed by atoms with Crippen molar-refractivity contribution in [1.82, 2.24) is 0 Å². The van der Waals surface area contributed by atoms with Gasteiger partial charge in [-0.3, -0.25) is 9.59 Å². The number of rotatable bonds is 12. The molecule has 3 heteroatoms. The van der Waals surface area contributed by atoms with Crippen molar-refractivity contribution in [1.29, 1.82) is 0 Å². The van der Waals surface area contributed by atoms with Gasteiger partial charge in [0.2, 0.25) is 5.78 Å². The molecular formula is C28H40O3. The summed E-state index contributed by atoms with van der Waals surface area (Å²) in [6, 6.07) is 0. The molecule has 0 aromatic rings. The summed E-state index contributed by atoms with van der Waals surface area (Å²) in [6.07, 6.45) is 17.2. The number of ether oxygens (including phenoxy) is 1. The van der Waals surface area contributed by atoms with E-state index in [4.69, 9.17) is 4.74 Å². The van der Waals surface area contributed by atoms with E-state index in [1.54, 1.807) is 6.92 Å². The van der Waals surface area contributed by atoms with Crippen LogP contribution in [0.5, 0.6) is 0 Å². The third kappa shape index (κ3) is 9.95. The van der Waals surface area contributed by atoms with Crippen LogP contribution in [0.15, 0.2) is 69.6 Å². The van der Waals surface area contributed by atoms with Gasteiger partial charge in [0.15, 0.2) is 11.5 Å². The molecule has 0 aliphatic heterocycles. The normalized spacial score (nSPS) is 16.0. The van der Waals surface area contributed by atoms with Crippen molar-refractivity contribution in [2.75, 3.05) is 7.11 Å². The van der Waals surface area contributed by atoms with Crippen LogP contribution in [0.3, 0.4) is 0 Å². The summed E-state index contributed by atoms with van der Waals surface area (Å²) in [6.45, 7) is 12.5. The summed E-state index contributed by atoms with van der Waals surface area (Å²) in [5, 5.41) is 0. The fraction of sp³-hybridized carbons (Fsp3) is 0.500. The Balaban J connectivity index is 2.47. The number of ketones is 2. The van der Waals surface area contributed by atoms with Crippen molar-refractivity contribution in [2.45, 2.75) is 86.5 Å². The summed E-state index contributed by atoms with van der Waals surface area (Å²) in [5.74, 6) is -0.183. The molecule has 0 heterocycles. The van der Waals surface area contributed by atoms with Gasteiger partial charge in [-0.1, -0.05) is 46.6 Å². The van der Waals surface area contributed by atoms with Crippen molar-refractivity contribution in [3.05, 3.63) is 69.6 Å². The van der Waals surface area contributed by atoms with E-state index in [2.05, 4.69) is 58.9 Å². The lowest BCUT2D eigenvalue weighted by atomic mass is 9.91. The monoisotopic (exact) mass is 424 g/mol. The number of hydrogen-bond donors (Lipinski definition) is 0. The Labute approximate surface area is 189 Å². The smallest absolute Gasteiger partial charge is 0.224 e. The molecule has 0 bridgehead atoms. The van der Waals surface area contributed by atoms with Crippen LogP contribution in [-0.2, 0) is 14.3 Å². The number of hydrogen-bond acceptors (Lipinski definition) is 3. The third-order valence-electron chi connectivity index (χ3n) is 5.61. The molecule has 0 fully saturated rings. The summed E-state index contributed by atoms with van der Waals surface area (Å²) >= 11 is 0. The van der Waals surface area contributed by atoms with Crippen LogP contribution in [0.2, 0.25) is 0 Å². The Hall–Kier alpha value is -2.42. The SMILES string of the molecule is COC1=CC(=O)C(C)=C(C/C=C(\C)CC/C=C(\C)CC/C=C(\C)CCC=C(C)C)C1=O. The van der Waals surface area contributed by atoms with E-state index >= 15 is 0 Å². The van der Waals surface area contributed by atoms with Crippen LogP contribution in [0, 0.1) is 0 Å². The predicted octanol–water partition coefficient (Wildman–Crippen LogP) is 7.52. The lowest BCUT2D eigenvalue weighted by Gasteiger charge is -2.15. The highest BCUT2D eigenvalue weighted by molar-refractivity contribution is 6.21. The lowest BCUT2D eigenvalue weighted by Crippen LogP contribution is -2.19. The second-order valence-electron chi connectivity index (χ2n) is 8.76. The van der Waals surface area contributed by atoms with Crippen LogP contribution < -0.4 is 0 Å². The molecule has 31 heavy (non-hydrogen) atoms. The van der Waals surface area contributed by atoms with E-state index < -0.39 is 0 Å². The van der Waals surface area contributed by atoms with E-state index in [9.17, 15) is 9.59 Å². The van der Waals surface area contributed by atoms with Gasteiger partial charge in [0.05, 0.1) is 7.11 Å². The van der Waals surface area contributed by atoms with Crippen molar-refractivity contribution in [3.63, 3.8) is 0 Å². The van der Waals surface area contributed by atoms with E-state index in [-0.39, 0.29) is 17.3 Å². The molecule has 0 aromatic heterocycles. The maximum atomic E-state index is 12.4. The molecule has 0 spiro atoms. The molecule has 0 aromatic carbocycles. The quantitative estimate of drug-likeness (QED) is 0.240. The maximum absolute atomic E-state index is 12.4. The zero-order valence-corrected chi connectivity index (χ0v) is 20.6. The number of methoxy groups -OCH3 is 1. The molecule has 0 amide bonds.